The van der Waals surface area contributed by atoms with Crippen LogP contribution in [0.3, 0.4) is 0 Å². The Hall–Kier alpha value is -8.42. The van der Waals surface area contributed by atoms with E-state index in [2.05, 4.69) is 184 Å². The molecule has 0 N–H and O–H groups in total. The van der Waals surface area contributed by atoms with Crippen LogP contribution in [0.5, 0.6) is 0 Å². The molecule has 7 heteroatoms. The first-order chi connectivity index (χ1) is 30.3. The molecule has 12 rings (SSSR count). The zero-order valence-electron chi connectivity index (χ0n) is 32.8. The lowest BCUT2D eigenvalue weighted by Gasteiger charge is -2.13. The van der Waals surface area contributed by atoms with Gasteiger partial charge in [-0.25, -0.2) is 9.97 Å². The van der Waals surface area contributed by atoms with Gasteiger partial charge in [-0.15, -0.1) is 10.2 Å². The number of para-hydroxylation sites is 3. The molecule has 0 unspecified atom stereocenters. The third-order valence-electron chi connectivity index (χ3n) is 11.6. The van der Waals surface area contributed by atoms with Gasteiger partial charge >= 0.3 is 0 Å². The largest absolute Gasteiger partial charge is 0.294 e. The third kappa shape index (κ3) is 5.74. The summed E-state index contributed by atoms with van der Waals surface area (Å²) in [5.74, 6) is 3.21. The maximum atomic E-state index is 5.21. The Labute approximate surface area is 351 Å². The molecular weight excluding hydrogens is 747 g/mol. The highest BCUT2D eigenvalue weighted by atomic mass is 15.3. The van der Waals surface area contributed by atoms with Crippen molar-refractivity contribution in [2.75, 3.05) is 0 Å². The molecule has 0 bridgehead atoms. The summed E-state index contributed by atoms with van der Waals surface area (Å²) in [6, 6.07) is 73.7. The normalized spacial score (nSPS) is 11.6. The van der Waals surface area contributed by atoms with Gasteiger partial charge in [0, 0.05) is 49.5 Å². The van der Waals surface area contributed by atoms with Crippen LogP contribution in [0.15, 0.2) is 212 Å². The zero-order valence-corrected chi connectivity index (χ0v) is 32.8. The molecule has 286 valence electrons. The highest BCUT2D eigenvalue weighted by Gasteiger charge is 2.22. The van der Waals surface area contributed by atoms with Crippen molar-refractivity contribution in [1.82, 2.24) is 33.9 Å². The van der Waals surface area contributed by atoms with Gasteiger partial charge in [-0.1, -0.05) is 140 Å². The second-order valence-corrected chi connectivity index (χ2v) is 15.2. The van der Waals surface area contributed by atoms with E-state index in [1.54, 1.807) is 0 Å². The molecule has 0 spiro atoms. The summed E-state index contributed by atoms with van der Waals surface area (Å²) in [5.41, 5.74) is 11.2. The van der Waals surface area contributed by atoms with E-state index in [1.807, 2.05) is 42.5 Å². The molecule has 12 aromatic rings. The van der Waals surface area contributed by atoms with Gasteiger partial charge in [0.1, 0.15) is 11.6 Å². The molecule has 0 aliphatic heterocycles. The van der Waals surface area contributed by atoms with Crippen LogP contribution >= 0.6 is 0 Å². The molecule has 0 saturated heterocycles. The summed E-state index contributed by atoms with van der Waals surface area (Å²) in [5, 5.41) is 14.5. The quantitative estimate of drug-likeness (QED) is 0.161. The van der Waals surface area contributed by atoms with Gasteiger partial charge in [0.25, 0.3) is 0 Å². The van der Waals surface area contributed by atoms with Gasteiger partial charge in [0.05, 0.1) is 33.5 Å². The Morgan fingerprint density at radius 1 is 0.279 bits per heavy atom. The maximum absolute atomic E-state index is 5.21. The Kier molecular flexibility index (Phi) is 8.03. The predicted molar refractivity (Wildman–Crippen MR) is 247 cm³/mol. The van der Waals surface area contributed by atoms with Crippen LogP contribution in [0.25, 0.3) is 106 Å². The molecule has 5 aromatic heterocycles. The highest BCUT2D eigenvalue weighted by molar-refractivity contribution is 6.11. The molecule has 61 heavy (non-hydrogen) atoms. The van der Waals surface area contributed by atoms with Crippen molar-refractivity contribution < 1.29 is 0 Å². The molecule has 0 atom stereocenters. The Morgan fingerprint density at radius 3 is 1.34 bits per heavy atom. The van der Waals surface area contributed by atoms with Crippen LogP contribution in [-0.4, -0.2) is 33.9 Å². The van der Waals surface area contributed by atoms with Crippen molar-refractivity contribution in [2.24, 2.45) is 0 Å². The van der Waals surface area contributed by atoms with Crippen molar-refractivity contribution in [3.05, 3.63) is 212 Å². The minimum absolute atomic E-state index is 0.746. The van der Waals surface area contributed by atoms with E-state index >= 15 is 0 Å². The van der Waals surface area contributed by atoms with Gasteiger partial charge in [0.2, 0.25) is 0 Å². The molecule has 5 heterocycles. The number of pyridine rings is 2. The van der Waals surface area contributed by atoms with Crippen LogP contribution < -0.4 is 0 Å². The smallest absolute Gasteiger partial charge is 0.168 e. The van der Waals surface area contributed by atoms with E-state index in [4.69, 9.17) is 20.2 Å². The maximum Gasteiger partial charge on any atom is 0.168 e. The molecule has 0 amide bonds. The molecule has 0 aliphatic rings. The van der Waals surface area contributed by atoms with Crippen LogP contribution in [0.4, 0.5) is 0 Å². The Morgan fingerprint density at radius 2 is 0.738 bits per heavy atom. The third-order valence-corrected chi connectivity index (χ3v) is 11.6. The van der Waals surface area contributed by atoms with Crippen LogP contribution in [0, 0.1) is 0 Å². The van der Waals surface area contributed by atoms with Crippen LogP contribution in [0.2, 0.25) is 0 Å². The first-order valence-corrected chi connectivity index (χ1v) is 20.4. The predicted octanol–water partition coefficient (Wildman–Crippen LogP) is 12.9. The van der Waals surface area contributed by atoms with E-state index < -0.39 is 0 Å². The van der Waals surface area contributed by atoms with Gasteiger partial charge in [-0.3, -0.25) is 13.7 Å². The van der Waals surface area contributed by atoms with Gasteiger partial charge in [-0.2, -0.15) is 0 Å². The highest BCUT2D eigenvalue weighted by Crippen LogP contribution is 2.38. The van der Waals surface area contributed by atoms with E-state index in [-0.39, 0.29) is 0 Å². The summed E-state index contributed by atoms with van der Waals surface area (Å²) in [4.78, 5) is 10.4. The number of aromatic nitrogens is 7. The lowest BCUT2D eigenvalue weighted by atomic mass is 10.1. The van der Waals surface area contributed by atoms with Crippen molar-refractivity contribution in [3.8, 4) is 62.6 Å². The fourth-order valence-electron chi connectivity index (χ4n) is 8.83. The van der Waals surface area contributed by atoms with Gasteiger partial charge in [0.15, 0.2) is 11.6 Å². The zero-order chi connectivity index (χ0) is 40.3. The van der Waals surface area contributed by atoms with Crippen molar-refractivity contribution in [1.29, 1.82) is 0 Å². The average Bonchev–Trinajstić information content (AvgIpc) is 4.03. The van der Waals surface area contributed by atoms with E-state index in [0.29, 0.717) is 0 Å². The fraction of sp³-hybridized carbons (Fsp3) is 0. The molecule has 0 fully saturated rings. The first-order valence-electron chi connectivity index (χ1n) is 20.4. The SMILES string of the molecule is c1ccc(-c2cccc(-n3c4ccccc4c4cc(-c5nnc(-c6ccc7c8ccccc8n(-c8cccc(-c9ccccc9)n8)c7c6)n5-c5ccccc5)ccc43)n2)cc1. The second kappa shape index (κ2) is 14.1. The minimum Gasteiger partial charge on any atom is -0.294 e. The van der Waals surface area contributed by atoms with Crippen molar-refractivity contribution in [2.45, 2.75) is 0 Å². The summed E-state index contributed by atoms with van der Waals surface area (Å²) in [6.07, 6.45) is 0. The Balaban J connectivity index is 1.03. The summed E-state index contributed by atoms with van der Waals surface area (Å²) in [7, 11) is 0. The lowest BCUT2D eigenvalue weighted by Crippen LogP contribution is -2.01. The van der Waals surface area contributed by atoms with Crippen molar-refractivity contribution >= 4 is 43.6 Å². The number of hydrogen-bond acceptors (Lipinski definition) is 4. The van der Waals surface area contributed by atoms with E-state index in [0.717, 1.165) is 106 Å². The molecule has 7 aromatic carbocycles. The number of hydrogen-bond donors (Lipinski definition) is 0. The Bertz CT molecular complexity index is 3580. The van der Waals surface area contributed by atoms with E-state index in [1.165, 1.54) is 0 Å². The monoisotopic (exact) mass is 781 g/mol. The van der Waals surface area contributed by atoms with Crippen LogP contribution in [0.1, 0.15) is 0 Å². The first kappa shape index (κ1) is 34.6. The average molecular weight is 782 g/mol. The number of fused-ring (bicyclic) bond motifs is 6. The molecule has 7 nitrogen and oxygen atoms in total. The minimum atomic E-state index is 0.746. The summed E-state index contributed by atoms with van der Waals surface area (Å²) >= 11 is 0. The topological polar surface area (TPSA) is 66.3 Å². The van der Waals surface area contributed by atoms with E-state index in [9.17, 15) is 0 Å². The summed E-state index contributed by atoms with van der Waals surface area (Å²) < 4.78 is 6.69. The number of nitrogens with zero attached hydrogens (tertiary/aromatic N) is 7. The number of rotatable bonds is 7. The van der Waals surface area contributed by atoms with Gasteiger partial charge < -0.3 is 0 Å². The standard InChI is InChI=1S/C54H35N7/c1-4-16-36(17-5-1)45-24-14-28-51(55-45)60-48-27-13-11-23-42(48)44-34-38(31-33-49(44)60)53-57-58-54(59(53)40-20-8-3-9-21-40)39-30-32-43-41-22-10-12-26-47(41)61(50(43)35-39)52-29-15-25-46(56-52)37-18-6-2-7-19-37/h1-35H. The van der Waals surface area contributed by atoms with Crippen LogP contribution in [-0.2, 0) is 0 Å². The lowest BCUT2D eigenvalue weighted by molar-refractivity contribution is 1.07. The molecule has 0 radical (unpaired) electrons. The second-order valence-electron chi connectivity index (χ2n) is 15.2. The van der Waals surface area contributed by atoms with Crippen molar-refractivity contribution in [3.63, 3.8) is 0 Å². The molecular formula is C54H35N7. The summed E-state index contributed by atoms with van der Waals surface area (Å²) in [6.45, 7) is 0. The molecule has 0 saturated carbocycles. The molecule has 0 aliphatic carbocycles. The number of benzene rings is 7. The van der Waals surface area contributed by atoms with Gasteiger partial charge in [-0.05, 0) is 72.8 Å². The fourth-order valence-corrected chi connectivity index (χ4v) is 8.83.